The van der Waals surface area contributed by atoms with Crippen molar-refractivity contribution in [2.75, 3.05) is 6.61 Å². The van der Waals surface area contributed by atoms with E-state index in [1.807, 2.05) is 13.8 Å². The van der Waals surface area contributed by atoms with Gasteiger partial charge in [-0.05, 0) is 13.8 Å². The molecule has 0 fully saturated rings. The van der Waals surface area contributed by atoms with Crippen LogP contribution >= 0.6 is 17.0 Å². The second-order valence-electron chi connectivity index (χ2n) is 3.31. The van der Waals surface area contributed by atoms with Crippen molar-refractivity contribution < 1.29 is 4.84 Å². The second kappa shape index (κ2) is 5.13. The third-order valence-corrected chi connectivity index (χ3v) is 1.64. The van der Waals surface area contributed by atoms with E-state index >= 15 is 0 Å². The van der Waals surface area contributed by atoms with Crippen molar-refractivity contribution in [1.82, 2.24) is 5.06 Å². The maximum atomic E-state index is 5.64. The minimum absolute atomic E-state index is 0. The Labute approximate surface area is 99.4 Å². The fourth-order valence-corrected chi connectivity index (χ4v) is 1.15. The molecule has 0 bridgehead atoms. The van der Waals surface area contributed by atoms with E-state index in [1.165, 1.54) is 5.06 Å². The molecule has 0 aromatic rings. The maximum absolute atomic E-state index is 5.64. The Morgan fingerprint density at radius 1 is 1.53 bits per heavy atom. The van der Waals surface area contributed by atoms with Crippen molar-refractivity contribution >= 4 is 28.9 Å². The zero-order valence-corrected chi connectivity index (χ0v) is 10.5. The van der Waals surface area contributed by atoms with Crippen LogP contribution < -0.4 is 11.5 Å². The number of nitrogens with zero attached hydrogens (tertiary/aromatic N) is 3. The summed E-state index contributed by atoms with van der Waals surface area (Å²) in [5.41, 5.74) is 10.5. The molecule has 1 aliphatic heterocycles. The summed E-state index contributed by atoms with van der Waals surface area (Å²) in [6.07, 6.45) is 1.62. The molecule has 1 aliphatic rings. The zero-order chi connectivity index (χ0) is 10.8. The van der Waals surface area contributed by atoms with Crippen molar-refractivity contribution in [3.63, 3.8) is 0 Å². The molecule has 0 aromatic heterocycles. The molecule has 1 rings (SSSR count). The summed E-state index contributed by atoms with van der Waals surface area (Å²) < 4.78 is 0. The first-order valence-electron chi connectivity index (χ1n) is 4.21. The van der Waals surface area contributed by atoms with Gasteiger partial charge in [0.05, 0.1) is 6.61 Å². The molecular formula is C8H16BrN5O. The van der Waals surface area contributed by atoms with E-state index in [2.05, 4.69) is 16.6 Å². The van der Waals surface area contributed by atoms with Gasteiger partial charge in [-0.3, -0.25) is 4.84 Å². The van der Waals surface area contributed by atoms with Crippen LogP contribution in [0.5, 0.6) is 0 Å². The van der Waals surface area contributed by atoms with Crippen LogP contribution in [0.15, 0.2) is 22.6 Å². The van der Waals surface area contributed by atoms with E-state index in [0.29, 0.717) is 6.61 Å². The van der Waals surface area contributed by atoms with E-state index in [9.17, 15) is 0 Å². The zero-order valence-electron chi connectivity index (χ0n) is 8.80. The van der Waals surface area contributed by atoms with E-state index in [1.54, 1.807) is 6.08 Å². The quantitative estimate of drug-likeness (QED) is 0.729. The Balaban J connectivity index is 0.00000196. The molecule has 0 saturated heterocycles. The van der Waals surface area contributed by atoms with E-state index in [-0.39, 0.29) is 28.9 Å². The fourth-order valence-electron chi connectivity index (χ4n) is 1.15. The van der Waals surface area contributed by atoms with Gasteiger partial charge in [0, 0.05) is 0 Å². The lowest BCUT2D eigenvalue weighted by atomic mass is 10.2. The van der Waals surface area contributed by atoms with Crippen molar-refractivity contribution in [3.8, 4) is 0 Å². The Bertz CT molecular complexity index is 299. The molecule has 1 heterocycles. The molecule has 7 heteroatoms. The van der Waals surface area contributed by atoms with Gasteiger partial charge < -0.3 is 11.5 Å². The Hall–Kier alpha value is -1.08. The largest absolute Gasteiger partial charge is 0.368 e. The van der Waals surface area contributed by atoms with E-state index in [4.69, 9.17) is 16.3 Å². The van der Waals surface area contributed by atoms with Crippen molar-refractivity contribution in [2.24, 2.45) is 21.5 Å². The number of hydrogen-bond acceptors (Lipinski definition) is 6. The summed E-state index contributed by atoms with van der Waals surface area (Å²) in [5, 5.41) is 1.41. The first-order chi connectivity index (χ1) is 6.47. The topological polar surface area (TPSA) is 89.2 Å². The van der Waals surface area contributed by atoms with Crippen molar-refractivity contribution in [3.05, 3.63) is 12.7 Å². The van der Waals surface area contributed by atoms with Gasteiger partial charge in [-0.15, -0.1) is 23.6 Å². The molecule has 4 N–H and O–H groups in total. The standard InChI is InChI=1S/C8H15N5O.BrH/c1-4-5-14-13-7(10)11-6(9)12-8(13,2)3;/h4H,1,5H2,2-3H3,(H4,9,10,11,12);1H. The highest BCUT2D eigenvalue weighted by atomic mass is 79.9. The first-order valence-corrected chi connectivity index (χ1v) is 4.21. The summed E-state index contributed by atoms with van der Waals surface area (Å²) in [7, 11) is 0. The summed E-state index contributed by atoms with van der Waals surface area (Å²) in [6.45, 7) is 7.53. The number of hydrogen-bond donors (Lipinski definition) is 2. The van der Waals surface area contributed by atoms with Crippen LogP contribution in [0.4, 0.5) is 0 Å². The minimum atomic E-state index is -0.640. The summed E-state index contributed by atoms with van der Waals surface area (Å²) >= 11 is 0. The Kier molecular flexibility index (Phi) is 4.76. The van der Waals surface area contributed by atoms with Gasteiger partial charge in [0.2, 0.25) is 11.9 Å². The summed E-state index contributed by atoms with van der Waals surface area (Å²) in [6, 6.07) is 0. The van der Waals surface area contributed by atoms with Crippen LogP contribution in [-0.4, -0.2) is 29.3 Å². The molecule has 0 saturated carbocycles. The number of aliphatic imine (C=N–C) groups is 2. The number of rotatable bonds is 3. The van der Waals surface area contributed by atoms with Crippen molar-refractivity contribution in [1.29, 1.82) is 0 Å². The molecule has 0 unspecified atom stereocenters. The Morgan fingerprint density at radius 3 is 2.60 bits per heavy atom. The van der Waals surface area contributed by atoms with Crippen LogP contribution in [-0.2, 0) is 4.84 Å². The molecule has 0 aliphatic carbocycles. The summed E-state index contributed by atoms with van der Waals surface area (Å²) in [4.78, 5) is 13.2. The predicted octanol–water partition coefficient (Wildman–Crippen LogP) is 0.363. The third-order valence-electron chi connectivity index (χ3n) is 1.64. The van der Waals surface area contributed by atoms with E-state index in [0.717, 1.165) is 0 Å². The highest BCUT2D eigenvalue weighted by molar-refractivity contribution is 8.93. The monoisotopic (exact) mass is 277 g/mol. The van der Waals surface area contributed by atoms with Crippen LogP contribution in [0.3, 0.4) is 0 Å². The predicted molar refractivity (Wildman–Crippen MR) is 65.6 cm³/mol. The van der Waals surface area contributed by atoms with E-state index < -0.39 is 5.66 Å². The molecular weight excluding hydrogens is 262 g/mol. The maximum Gasteiger partial charge on any atom is 0.226 e. The van der Waals surface area contributed by atoms with Gasteiger partial charge in [0.25, 0.3) is 0 Å². The van der Waals surface area contributed by atoms with Gasteiger partial charge in [-0.1, -0.05) is 6.08 Å². The molecule has 0 amide bonds. The molecule has 0 spiro atoms. The molecule has 0 aromatic carbocycles. The second-order valence-corrected chi connectivity index (χ2v) is 3.31. The van der Waals surface area contributed by atoms with Gasteiger partial charge in [-0.2, -0.15) is 10.1 Å². The number of nitrogens with two attached hydrogens (primary N) is 2. The SMILES string of the molecule is Br.C=CCON1C(N)=NC(N)=NC1(C)C. The Morgan fingerprint density at radius 2 is 2.13 bits per heavy atom. The molecule has 0 atom stereocenters. The normalized spacial score (nSPS) is 18.7. The van der Waals surface area contributed by atoms with Crippen LogP contribution in [0.25, 0.3) is 0 Å². The van der Waals surface area contributed by atoms with Crippen molar-refractivity contribution in [2.45, 2.75) is 19.5 Å². The minimum Gasteiger partial charge on any atom is -0.368 e. The number of hydroxylamine groups is 2. The van der Waals surface area contributed by atoms with Gasteiger partial charge >= 0.3 is 0 Å². The van der Waals surface area contributed by atoms with Crippen LogP contribution in [0, 0.1) is 0 Å². The first kappa shape index (κ1) is 13.9. The number of guanidine groups is 2. The highest BCUT2D eigenvalue weighted by Gasteiger charge is 2.32. The third kappa shape index (κ3) is 3.21. The number of halogens is 1. The average molecular weight is 278 g/mol. The molecule has 86 valence electrons. The van der Waals surface area contributed by atoms with Crippen LogP contribution in [0.2, 0.25) is 0 Å². The summed E-state index contributed by atoms with van der Waals surface area (Å²) in [5.74, 6) is 0.357. The lowest BCUT2D eigenvalue weighted by Crippen LogP contribution is -2.53. The lowest BCUT2D eigenvalue weighted by molar-refractivity contribution is -0.146. The molecule has 0 radical (unpaired) electrons. The molecule has 15 heavy (non-hydrogen) atoms. The lowest BCUT2D eigenvalue weighted by Gasteiger charge is -2.36. The van der Waals surface area contributed by atoms with Gasteiger partial charge in [0.15, 0.2) is 5.66 Å². The van der Waals surface area contributed by atoms with Gasteiger partial charge in [-0.25, -0.2) is 4.99 Å². The highest BCUT2D eigenvalue weighted by Crippen LogP contribution is 2.19. The van der Waals surface area contributed by atoms with Crippen LogP contribution in [0.1, 0.15) is 13.8 Å². The van der Waals surface area contributed by atoms with Gasteiger partial charge in [0.1, 0.15) is 0 Å². The molecule has 6 nitrogen and oxygen atoms in total. The average Bonchev–Trinajstić information content (AvgIpc) is 2.00. The smallest absolute Gasteiger partial charge is 0.226 e. The fraction of sp³-hybridized carbons (Fsp3) is 0.500.